The second kappa shape index (κ2) is 3.88. The Labute approximate surface area is 73.7 Å². The van der Waals surface area contributed by atoms with E-state index in [1.165, 1.54) is 0 Å². The van der Waals surface area contributed by atoms with Crippen LogP contribution in [0.2, 0.25) is 0 Å². The van der Waals surface area contributed by atoms with Gasteiger partial charge in [0, 0.05) is 6.54 Å². The molecule has 0 aromatic heterocycles. The lowest BCUT2D eigenvalue weighted by Gasteiger charge is -2.35. The summed E-state index contributed by atoms with van der Waals surface area (Å²) in [4.78, 5) is 0. The third-order valence-electron chi connectivity index (χ3n) is 2.01. The monoisotopic (exact) mass is 168 g/mol. The summed E-state index contributed by atoms with van der Waals surface area (Å²) in [5.74, 6) is 0.640. The summed E-state index contributed by atoms with van der Waals surface area (Å²) in [6, 6.07) is 2.30. The molecule has 0 aliphatic carbocycles. The topological polar surface area (TPSA) is 45.0 Å². The molecule has 3 heteroatoms. The van der Waals surface area contributed by atoms with Gasteiger partial charge in [0.1, 0.15) is 5.41 Å². The molecule has 0 unspecified atom stereocenters. The molecule has 12 heavy (non-hydrogen) atoms. The van der Waals surface area contributed by atoms with E-state index in [1.54, 1.807) is 0 Å². The van der Waals surface area contributed by atoms with Gasteiger partial charge in [-0.05, 0) is 12.5 Å². The minimum Gasteiger partial charge on any atom is -0.378 e. The van der Waals surface area contributed by atoms with E-state index in [9.17, 15) is 0 Å². The summed E-state index contributed by atoms with van der Waals surface area (Å²) in [6.07, 6.45) is 0. The van der Waals surface area contributed by atoms with Gasteiger partial charge < -0.3 is 10.1 Å². The van der Waals surface area contributed by atoms with Crippen molar-refractivity contribution >= 4 is 0 Å². The van der Waals surface area contributed by atoms with E-state index in [0.29, 0.717) is 19.1 Å². The Morgan fingerprint density at radius 1 is 1.58 bits per heavy atom. The van der Waals surface area contributed by atoms with Gasteiger partial charge in [-0.25, -0.2) is 0 Å². The maximum absolute atomic E-state index is 8.83. The van der Waals surface area contributed by atoms with Gasteiger partial charge in [0.05, 0.1) is 19.3 Å². The van der Waals surface area contributed by atoms with E-state index in [4.69, 9.17) is 10.00 Å². The standard InChI is InChI=1S/C9H16N2O/c1-8(2)3-11-5-9(4-10)6-12-7-9/h8,11H,3,5-7H2,1-2H3. The van der Waals surface area contributed by atoms with Gasteiger partial charge >= 0.3 is 0 Å². The molecule has 3 nitrogen and oxygen atoms in total. The molecule has 68 valence electrons. The summed E-state index contributed by atoms with van der Waals surface area (Å²) in [7, 11) is 0. The van der Waals surface area contributed by atoms with Gasteiger partial charge in [0.15, 0.2) is 0 Å². The molecule has 1 saturated heterocycles. The van der Waals surface area contributed by atoms with Crippen LogP contribution in [-0.2, 0) is 4.74 Å². The number of ether oxygens (including phenoxy) is 1. The van der Waals surface area contributed by atoms with Crippen LogP contribution in [0.5, 0.6) is 0 Å². The normalized spacial score (nSPS) is 20.2. The molecular formula is C9H16N2O. The van der Waals surface area contributed by atoms with Crippen LogP contribution in [0.4, 0.5) is 0 Å². The van der Waals surface area contributed by atoms with Gasteiger partial charge in [-0.2, -0.15) is 5.26 Å². The Balaban J connectivity index is 2.18. The smallest absolute Gasteiger partial charge is 0.116 e. The molecule has 1 heterocycles. The molecule has 0 aromatic rings. The molecule has 0 saturated carbocycles. The van der Waals surface area contributed by atoms with Gasteiger partial charge in [-0.3, -0.25) is 0 Å². The van der Waals surface area contributed by atoms with E-state index in [-0.39, 0.29) is 5.41 Å². The number of nitrogens with zero attached hydrogens (tertiary/aromatic N) is 1. The minimum absolute atomic E-state index is 0.227. The van der Waals surface area contributed by atoms with Crippen molar-refractivity contribution in [3.63, 3.8) is 0 Å². The first kappa shape index (κ1) is 9.50. The van der Waals surface area contributed by atoms with Crippen molar-refractivity contribution in [3.8, 4) is 6.07 Å². The summed E-state index contributed by atoms with van der Waals surface area (Å²) in [6.45, 7) is 7.24. The van der Waals surface area contributed by atoms with Crippen molar-refractivity contribution in [2.45, 2.75) is 13.8 Å². The molecule has 0 amide bonds. The average molecular weight is 168 g/mol. The van der Waals surface area contributed by atoms with Crippen molar-refractivity contribution in [2.75, 3.05) is 26.3 Å². The Bertz CT molecular complexity index is 179. The Hall–Kier alpha value is -0.590. The Morgan fingerprint density at radius 2 is 2.25 bits per heavy atom. The van der Waals surface area contributed by atoms with Crippen molar-refractivity contribution in [1.29, 1.82) is 5.26 Å². The predicted octanol–water partition coefficient (Wildman–Crippen LogP) is 0.772. The van der Waals surface area contributed by atoms with Gasteiger partial charge in [0.2, 0.25) is 0 Å². The van der Waals surface area contributed by atoms with Crippen molar-refractivity contribution in [3.05, 3.63) is 0 Å². The van der Waals surface area contributed by atoms with E-state index in [1.807, 2.05) is 0 Å². The number of hydrogen-bond donors (Lipinski definition) is 1. The van der Waals surface area contributed by atoms with E-state index in [0.717, 1.165) is 13.1 Å². The van der Waals surface area contributed by atoms with Crippen LogP contribution < -0.4 is 5.32 Å². The Kier molecular flexibility index (Phi) is 3.07. The third-order valence-corrected chi connectivity index (χ3v) is 2.01. The molecular weight excluding hydrogens is 152 g/mol. The van der Waals surface area contributed by atoms with E-state index < -0.39 is 0 Å². The fourth-order valence-electron chi connectivity index (χ4n) is 1.15. The summed E-state index contributed by atoms with van der Waals surface area (Å²) in [5, 5.41) is 12.1. The molecule has 0 radical (unpaired) electrons. The van der Waals surface area contributed by atoms with E-state index >= 15 is 0 Å². The lowest BCUT2D eigenvalue weighted by atomic mass is 9.88. The fourth-order valence-corrected chi connectivity index (χ4v) is 1.15. The third kappa shape index (κ3) is 2.20. The molecule has 1 rings (SSSR count). The predicted molar refractivity (Wildman–Crippen MR) is 46.6 cm³/mol. The van der Waals surface area contributed by atoms with Crippen molar-refractivity contribution in [2.24, 2.45) is 11.3 Å². The quantitative estimate of drug-likeness (QED) is 0.674. The first-order valence-electron chi connectivity index (χ1n) is 4.38. The average Bonchev–Trinajstić information content (AvgIpc) is 1.94. The summed E-state index contributed by atoms with van der Waals surface area (Å²) in [5.41, 5.74) is -0.227. The van der Waals surface area contributed by atoms with Crippen LogP contribution in [0.25, 0.3) is 0 Å². The maximum atomic E-state index is 8.83. The zero-order chi connectivity index (χ0) is 9.03. The second-order valence-corrected chi connectivity index (χ2v) is 3.91. The highest BCUT2D eigenvalue weighted by Gasteiger charge is 2.38. The zero-order valence-corrected chi connectivity index (χ0v) is 7.76. The number of nitriles is 1. The first-order valence-corrected chi connectivity index (χ1v) is 4.38. The zero-order valence-electron chi connectivity index (χ0n) is 7.76. The highest BCUT2D eigenvalue weighted by molar-refractivity contribution is 5.05. The molecule has 0 spiro atoms. The molecule has 1 N–H and O–H groups in total. The van der Waals surface area contributed by atoms with Gasteiger partial charge in [0.25, 0.3) is 0 Å². The summed E-state index contributed by atoms with van der Waals surface area (Å²) < 4.78 is 5.02. The molecule has 1 fully saturated rings. The number of hydrogen-bond acceptors (Lipinski definition) is 3. The van der Waals surface area contributed by atoms with Crippen LogP contribution in [0.3, 0.4) is 0 Å². The first-order chi connectivity index (χ1) is 5.68. The van der Waals surface area contributed by atoms with Crippen molar-refractivity contribution < 1.29 is 4.74 Å². The highest BCUT2D eigenvalue weighted by Crippen LogP contribution is 2.25. The van der Waals surface area contributed by atoms with Crippen LogP contribution in [0.1, 0.15) is 13.8 Å². The maximum Gasteiger partial charge on any atom is 0.116 e. The van der Waals surface area contributed by atoms with E-state index in [2.05, 4.69) is 25.2 Å². The highest BCUT2D eigenvalue weighted by atomic mass is 16.5. The van der Waals surface area contributed by atoms with Crippen LogP contribution >= 0.6 is 0 Å². The molecule has 0 bridgehead atoms. The molecule has 1 aliphatic rings. The largest absolute Gasteiger partial charge is 0.378 e. The number of rotatable bonds is 4. The SMILES string of the molecule is CC(C)CNCC1(C#N)COC1. The fraction of sp³-hybridized carbons (Fsp3) is 0.889. The van der Waals surface area contributed by atoms with Gasteiger partial charge in [-0.15, -0.1) is 0 Å². The molecule has 0 atom stereocenters. The minimum atomic E-state index is -0.227. The lowest BCUT2D eigenvalue weighted by molar-refractivity contribution is -0.0755. The van der Waals surface area contributed by atoms with Crippen molar-refractivity contribution in [1.82, 2.24) is 5.32 Å². The van der Waals surface area contributed by atoms with Crippen LogP contribution in [-0.4, -0.2) is 26.3 Å². The van der Waals surface area contributed by atoms with Crippen LogP contribution in [0, 0.1) is 22.7 Å². The second-order valence-electron chi connectivity index (χ2n) is 3.91. The van der Waals surface area contributed by atoms with Gasteiger partial charge in [-0.1, -0.05) is 13.8 Å². The summed E-state index contributed by atoms with van der Waals surface area (Å²) >= 11 is 0. The molecule has 1 aliphatic heterocycles. The molecule has 0 aromatic carbocycles. The Morgan fingerprint density at radius 3 is 2.58 bits per heavy atom. The lowest BCUT2D eigenvalue weighted by Crippen LogP contribution is -2.49. The van der Waals surface area contributed by atoms with Crippen LogP contribution in [0.15, 0.2) is 0 Å². The number of nitrogens with one attached hydrogen (secondary N) is 1.